The molecule has 0 aliphatic carbocycles. The molecule has 1 unspecified atom stereocenters. The van der Waals surface area contributed by atoms with Gasteiger partial charge in [-0.15, -0.1) is 11.3 Å². The molecule has 2 heterocycles. The van der Waals surface area contributed by atoms with Crippen LogP contribution in [0.5, 0.6) is 0 Å². The van der Waals surface area contributed by atoms with Crippen LogP contribution in [0.25, 0.3) is 0 Å². The summed E-state index contributed by atoms with van der Waals surface area (Å²) in [6.07, 6.45) is 2.48. The molecule has 2 nitrogen and oxygen atoms in total. The predicted molar refractivity (Wildman–Crippen MR) is 87.3 cm³/mol. The van der Waals surface area contributed by atoms with Crippen LogP contribution in [-0.2, 0) is 13.1 Å². The van der Waals surface area contributed by atoms with Gasteiger partial charge < -0.3 is 10.2 Å². The second-order valence-electron chi connectivity index (χ2n) is 5.46. The maximum Gasteiger partial charge on any atom is 0.0523 e. The van der Waals surface area contributed by atoms with Crippen LogP contribution >= 0.6 is 11.3 Å². The van der Waals surface area contributed by atoms with Crippen LogP contribution in [0.4, 0.5) is 5.69 Å². The van der Waals surface area contributed by atoms with E-state index in [1.165, 1.54) is 29.0 Å². The minimum Gasteiger partial charge on any atom is -0.365 e. The number of nitrogens with zero attached hydrogens (tertiary/aromatic N) is 1. The van der Waals surface area contributed by atoms with Gasteiger partial charge in [-0.1, -0.05) is 37.6 Å². The van der Waals surface area contributed by atoms with Crippen LogP contribution in [0.2, 0.25) is 0 Å². The fraction of sp³-hybridized carbons (Fsp3) is 0.412. The Balaban J connectivity index is 1.86. The van der Waals surface area contributed by atoms with Gasteiger partial charge in [0.1, 0.15) is 0 Å². The maximum absolute atomic E-state index is 3.71. The Labute approximate surface area is 125 Å². The molecular weight excluding hydrogens is 264 g/mol. The van der Waals surface area contributed by atoms with Crippen molar-refractivity contribution in [1.29, 1.82) is 0 Å². The highest BCUT2D eigenvalue weighted by Gasteiger charge is 2.20. The molecule has 1 N–H and O–H groups in total. The summed E-state index contributed by atoms with van der Waals surface area (Å²) in [5.41, 5.74) is 2.81. The molecule has 1 aliphatic rings. The first kappa shape index (κ1) is 13.7. The second kappa shape index (κ2) is 6.42. The maximum atomic E-state index is 3.71. The molecule has 1 aromatic heterocycles. The van der Waals surface area contributed by atoms with Crippen molar-refractivity contribution in [3.8, 4) is 0 Å². The number of anilines is 1. The number of thiophene rings is 1. The number of rotatable bonds is 4. The molecule has 0 radical (unpaired) electrons. The first-order valence-electron chi connectivity index (χ1n) is 7.45. The summed E-state index contributed by atoms with van der Waals surface area (Å²) in [4.78, 5) is 3.98. The second-order valence-corrected chi connectivity index (χ2v) is 6.49. The molecule has 106 valence electrons. The van der Waals surface area contributed by atoms with Gasteiger partial charge in [-0.25, -0.2) is 0 Å². The van der Waals surface area contributed by atoms with Gasteiger partial charge in [0.15, 0.2) is 0 Å². The molecule has 1 atom stereocenters. The summed E-state index contributed by atoms with van der Waals surface area (Å²) in [7, 11) is 0. The molecule has 0 saturated carbocycles. The molecule has 1 aromatic carbocycles. The van der Waals surface area contributed by atoms with Gasteiger partial charge >= 0.3 is 0 Å². The first-order chi connectivity index (χ1) is 9.86. The average Bonchev–Trinajstić information content (AvgIpc) is 2.91. The van der Waals surface area contributed by atoms with Gasteiger partial charge in [0, 0.05) is 29.7 Å². The third kappa shape index (κ3) is 3.05. The first-order valence-corrected chi connectivity index (χ1v) is 8.33. The molecule has 1 aliphatic heterocycles. The highest BCUT2D eigenvalue weighted by atomic mass is 32.1. The molecule has 0 spiro atoms. The smallest absolute Gasteiger partial charge is 0.0523 e. The van der Waals surface area contributed by atoms with Crippen molar-refractivity contribution < 1.29 is 0 Å². The topological polar surface area (TPSA) is 15.3 Å². The van der Waals surface area contributed by atoms with E-state index in [1.54, 1.807) is 0 Å². The molecule has 0 fully saturated rings. The van der Waals surface area contributed by atoms with Crippen LogP contribution in [-0.4, -0.2) is 12.6 Å². The van der Waals surface area contributed by atoms with Gasteiger partial charge in [-0.3, -0.25) is 0 Å². The standard InChI is InChI=1S/C17H22N2S/c1-2-6-15-12-19(13-16-8-5-10-20-16)17-9-4-3-7-14(17)11-18-15/h3-5,7-10,15,18H,2,6,11-13H2,1H3. The number of hydrogen-bond donors (Lipinski definition) is 1. The molecule has 20 heavy (non-hydrogen) atoms. The summed E-state index contributed by atoms with van der Waals surface area (Å²) in [5, 5.41) is 5.88. The molecule has 2 aromatic rings. The Morgan fingerprint density at radius 2 is 2.15 bits per heavy atom. The van der Waals surface area contributed by atoms with Crippen LogP contribution in [0, 0.1) is 0 Å². The fourth-order valence-electron chi connectivity index (χ4n) is 2.93. The summed E-state index contributed by atoms with van der Waals surface area (Å²) in [6.45, 7) is 5.38. The van der Waals surface area contributed by atoms with Crippen LogP contribution < -0.4 is 10.2 Å². The average molecular weight is 286 g/mol. The van der Waals surface area contributed by atoms with Crippen molar-refractivity contribution in [3.05, 3.63) is 52.2 Å². The van der Waals surface area contributed by atoms with E-state index >= 15 is 0 Å². The highest BCUT2D eigenvalue weighted by molar-refractivity contribution is 7.09. The third-order valence-corrected chi connectivity index (χ3v) is 4.78. The van der Waals surface area contributed by atoms with E-state index in [1.807, 2.05) is 11.3 Å². The lowest BCUT2D eigenvalue weighted by molar-refractivity contribution is 0.480. The van der Waals surface area contributed by atoms with Crippen LogP contribution in [0.1, 0.15) is 30.2 Å². The predicted octanol–water partition coefficient (Wildman–Crippen LogP) is 4.03. The fourth-order valence-corrected chi connectivity index (χ4v) is 3.65. The quantitative estimate of drug-likeness (QED) is 0.913. The van der Waals surface area contributed by atoms with Crippen molar-refractivity contribution >= 4 is 17.0 Å². The van der Waals surface area contributed by atoms with E-state index in [0.717, 1.165) is 19.6 Å². The Kier molecular flexibility index (Phi) is 4.38. The van der Waals surface area contributed by atoms with Crippen LogP contribution in [0.3, 0.4) is 0 Å². The lowest BCUT2D eigenvalue weighted by atomic mass is 10.1. The minimum absolute atomic E-state index is 0.590. The van der Waals surface area contributed by atoms with E-state index in [2.05, 4.69) is 58.9 Å². The zero-order valence-corrected chi connectivity index (χ0v) is 12.8. The van der Waals surface area contributed by atoms with E-state index < -0.39 is 0 Å². The number of hydrogen-bond acceptors (Lipinski definition) is 3. The molecule has 0 amide bonds. The van der Waals surface area contributed by atoms with Crippen molar-refractivity contribution in [3.63, 3.8) is 0 Å². The van der Waals surface area contributed by atoms with E-state index in [0.29, 0.717) is 6.04 Å². The van der Waals surface area contributed by atoms with Gasteiger partial charge in [0.2, 0.25) is 0 Å². The molecule has 3 rings (SSSR count). The highest BCUT2D eigenvalue weighted by Crippen LogP contribution is 2.26. The largest absolute Gasteiger partial charge is 0.365 e. The summed E-state index contributed by atoms with van der Waals surface area (Å²) < 4.78 is 0. The number of fused-ring (bicyclic) bond motifs is 1. The van der Waals surface area contributed by atoms with Crippen molar-refractivity contribution in [2.24, 2.45) is 0 Å². The SMILES string of the molecule is CCCC1CN(Cc2cccs2)c2ccccc2CN1. The molecule has 3 heteroatoms. The Morgan fingerprint density at radius 1 is 1.25 bits per heavy atom. The summed E-state index contributed by atoms with van der Waals surface area (Å²) >= 11 is 1.85. The Morgan fingerprint density at radius 3 is 2.95 bits per heavy atom. The lowest BCUT2D eigenvalue weighted by Crippen LogP contribution is -2.37. The summed E-state index contributed by atoms with van der Waals surface area (Å²) in [5.74, 6) is 0. The molecule has 0 saturated heterocycles. The normalized spacial score (nSPS) is 18.6. The van der Waals surface area contributed by atoms with Gasteiger partial charge in [0.05, 0.1) is 6.54 Å². The Hall–Kier alpha value is -1.32. The lowest BCUT2D eigenvalue weighted by Gasteiger charge is -2.27. The summed E-state index contributed by atoms with van der Waals surface area (Å²) in [6, 6.07) is 13.8. The zero-order chi connectivity index (χ0) is 13.8. The van der Waals surface area contributed by atoms with Gasteiger partial charge in [0.25, 0.3) is 0 Å². The van der Waals surface area contributed by atoms with Gasteiger partial charge in [-0.05, 0) is 29.5 Å². The van der Waals surface area contributed by atoms with E-state index in [-0.39, 0.29) is 0 Å². The minimum atomic E-state index is 0.590. The number of benzene rings is 1. The number of para-hydroxylation sites is 1. The van der Waals surface area contributed by atoms with Crippen molar-refractivity contribution in [2.75, 3.05) is 11.4 Å². The van der Waals surface area contributed by atoms with Gasteiger partial charge in [-0.2, -0.15) is 0 Å². The number of nitrogens with one attached hydrogen (secondary N) is 1. The van der Waals surface area contributed by atoms with E-state index in [9.17, 15) is 0 Å². The third-order valence-electron chi connectivity index (χ3n) is 3.92. The monoisotopic (exact) mass is 286 g/mol. The van der Waals surface area contributed by atoms with Crippen molar-refractivity contribution in [1.82, 2.24) is 5.32 Å². The zero-order valence-electron chi connectivity index (χ0n) is 12.0. The van der Waals surface area contributed by atoms with Crippen molar-refractivity contribution in [2.45, 2.75) is 38.9 Å². The molecular formula is C17H22N2S. The van der Waals surface area contributed by atoms with E-state index in [4.69, 9.17) is 0 Å². The van der Waals surface area contributed by atoms with Crippen LogP contribution in [0.15, 0.2) is 41.8 Å². The molecule has 0 bridgehead atoms. The Bertz CT molecular complexity index is 536.